The van der Waals surface area contributed by atoms with E-state index in [9.17, 15) is 4.79 Å². The minimum atomic E-state index is -0.399. The third-order valence-electron chi connectivity index (χ3n) is 3.59. The Morgan fingerprint density at radius 2 is 2.00 bits per heavy atom. The zero-order valence-corrected chi connectivity index (χ0v) is 11.8. The second-order valence-electron chi connectivity index (χ2n) is 5.03. The Morgan fingerprint density at radius 3 is 2.56 bits per heavy atom. The number of rotatable bonds is 5. The van der Waals surface area contributed by atoms with Crippen molar-refractivity contribution in [1.29, 1.82) is 0 Å². The molecule has 0 saturated carbocycles. The molecular weight excluding hydrogens is 224 g/mol. The third kappa shape index (κ3) is 3.57. The Kier molecular flexibility index (Phi) is 5.35. The minimum absolute atomic E-state index is 0.0209. The van der Waals surface area contributed by atoms with Crippen molar-refractivity contribution in [2.24, 2.45) is 11.7 Å². The maximum Gasteiger partial charge on any atom is 0.239 e. The number of likely N-dealkylation sites (N-methyl/N-ethyl adjacent to an activating group) is 1. The van der Waals surface area contributed by atoms with E-state index in [-0.39, 0.29) is 11.8 Å². The first-order valence-corrected chi connectivity index (χ1v) is 6.52. The van der Waals surface area contributed by atoms with Crippen LogP contribution in [0.25, 0.3) is 0 Å². The summed E-state index contributed by atoms with van der Waals surface area (Å²) in [6, 6.07) is 7.71. The highest BCUT2D eigenvalue weighted by molar-refractivity contribution is 5.81. The lowest BCUT2D eigenvalue weighted by atomic mass is 9.98. The Labute approximate surface area is 110 Å². The largest absolute Gasteiger partial charge is 0.340 e. The summed E-state index contributed by atoms with van der Waals surface area (Å²) in [5.74, 6) is 0.240. The van der Waals surface area contributed by atoms with Crippen LogP contribution in [0.4, 0.5) is 0 Å². The van der Waals surface area contributed by atoms with E-state index in [1.165, 1.54) is 11.1 Å². The molecular formula is C15H24N2O. The molecule has 3 nitrogen and oxygen atoms in total. The van der Waals surface area contributed by atoms with E-state index in [0.29, 0.717) is 6.54 Å². The molecule has 2 atom stereocenters. The van der Waals surface area contributed by atoms with E-state index in [4.69, 9.17) is 5.73 Å². The molecule has 100 valence electrons. The summed E-state index contributed by atoms with van der Waals surface area (Å²) in [7, 11) is 1.82. The Morgan fingerprint density at radius 1 is 1.39 bits per heavy atom. The predicted molar refractivity (Wildman–Crippen MR) is 75.1 cm³/mol. The number of hydrogen-bond acceptors (Lipinski definition) is 2. The van der Waals surface area contributed by atoms with Gasteiger partial charge in [0.05, 0.1) is 6.04 Å². The van der Waals surface area contributed by atoms with Gasteiger partial charge in [-0.1, -0.05) is 44.5 Å². The molecule has 1 aromatic carbocycles. The summed E-state index contributed by atoms with van der Waals surface area (Å²) in [6.07, 6.45) is 0.922. The molecule has 0 saturated heterocycles. The van der Waals surface area contributed by atoms with Crippen LogP contribution in [0.3, 0.4) is 0 Å². The highest BCUT2D eigenvalue weighted by Crippen LogP contribution is 2.12. The highest BCUT2D eigenvalue weighted by atomic mass is 16.2. The van der Waals surface area contributed by atoms with Crippen LogP contribution in [0, 0.1) is 12.8 Å². The smallest absolute Gasteiger partial charge is 0.239 e. The van der Waals surface area contributed by atoms with Crippen LogP contribution in [-0.2, 0) is 11.3 Å². The first-order chi connectivity index (χ1) is 8.47. The number of benzene rings is 1. The van der Waals surface area contributed by atoms with E-state index >= 15 is 0 Å². The van der Waals surface area contributed by atoms with Gasteiger partial charge >= 0.3 is 0 Å². The van der Waals surface area contributed by atoms with Crippen molar-refractivity contribution in [1.82, 2.24) is 4.90 Å². The van der Waals surface area contributed by atoms with Gasteiger partial charge in [0.1, 0.15) is 0 Å². The standard InChI is InChI=1S/C15H24N2O/c1-5-11(2)14(16)15(18)17(4)10-13-9-7-6-8-12(13)3/h6-9,11,14H,5,10,16H2,1-4H3. The van der Waals surface area contributed by atoms with Crippen LogP contribution in [0.15, 0.2) is 24.3 Å². The van der Waals surface area contributed by atoms with Crippen LogP contribution in [0.1, 0.15) is 31.4 Å². The number of aryl methyl sites for hydroxylation is 1. The van der Waals surface area contributed by atoms with E-state index in [0.717, 1.165) is 6.42 Å². The summed E-state index contributed by atoms with van der Waals surface area (Å²) >= 11 is 0. The number of hydrogen-bond donors (Lipinski definition) is 1. The van der Waals surface area contributed by atoms with Gasteiger partial charge in [-0.2, -0.15) is 0 Å². The first-order valence-electron chi connectivity index (χ1n) is 6.52. The monoisotopic (exact) mass is 248 g/mol. The van der Waals surface area contributed by atoms with Gasteiger partial charge < -0.3 is 10.6 Å². The second-order valence-corrected chi connectivity index (χ2v) is 5.03. The van der Waals surface area contributed by atoms with E-state index in [2.05, 4.69) is 19.9 Å². The van der Waals surface area contributed by atoms with Crippen molar-refractivity contribution >= 4 is 5.91 Å². The molecule has 2 N–H and O–H groups in total. The summed E-state index contributed by atoms with van der Waals surface area (Å²) in [4.78, 5) is 13.9. The van der Waals surface area contributed by atoms with Gasteiger partial charge in [0.2, 0.25) is 5.91 Å². The Balaban J connectivity index is 2.68. The van der Waals surface area contributed by atoms with Crippen LogP contribution < -0.4 is 5.73 Å². The van der Waals surface area contributed by atoms with E-state index in [1.54, 1.807) is 4.90 Å². The molecule has 0 aliphatic carbocycles. The van der Waals surface area contributed by atoms with Gasteiger partial charge in [-0.25, -0.2) is 0 Å². The Bertz CT molecular complexity index is 403. The SMILES string of the molecule is CCC(C)C(N)C(=O)N(C)Cc1ccccc1C. The fourth-order valence-electron chi connectivity index (χ4n) is 1.87. The minimum Gasteiger partial charge on any atom is -0.340 e. The molecule has 1 amide bonds. The van der Waals surface area contributed by atoms with E-state index < -0.39 is 6.04 Å². The quantitative estimate of drug-likeness (QED) is 0.869. The molecule has 0 radical (unpaired) electrons. The molecule has 0 fully saturated rings. The van der Waals surface area contributed by atoms with Gasteiger partial charge in [0.25, 0.3) is 0 Å². The number of nitrogens with zero attached hydrogens (tertiary/aromatic N) is 1. The van der Waals surface area contributed by atoms with Gasteiger partial charge in [0, 0.05) is 13.6 Å². The van der Waals surface area contributed by atoms with Crippen molar-refractivity contribution < 1.29 is 4.79 Å². The molecule has 18 heavy (non-hydrogen) atoms. The van der Waals surface area contributed by atoms with Gasteiger partial charge in [-0.05, 0) is 24.0 Å². The molecule has 0 spiro atoms. The summed E-state index contributed by atoms with van der Waals surface area (Å²) in [5, 5.41) is 0. The fourth-order valence-corrected chi connectivity index (χ4v) is 1.87. The van der Waals surface area contributed by atoms with Crippen molar-refractivity contribution in [3.63, 3.8) is 0 Å². The van der Waals surface area contributed by atoms with Crippen molar-refractivity contribution in [2.45, 2.75) is 39.8 Å². The number of amides is 1. The van der Waals surface area contributed by atoms with Crippen LogP contribution in [-0.4, -0.2) is 23.9 Å². The number of nitrogens with two attached hydrogens (primary N) is 1. The normalized spacial score (nSPS) is 14.1. The maximum atomic E-state index is 12.2. The zero-order chi connectivity index (χ0) is 13.7. The highest BCUT2D eigenvalue weighted by Gasteiger charge is 2.22. The molecule has 1 rings (SSSR count). The fraction of sp³-hybridized carbons (Fsp3) is 0.533. The third-order valence-corrected chi connectivity index (χ3v) is 3.59. The van der Waals surface area contributed by atoms with Gasteiger partial charge in [-0.3, -0.25) is 4.79 Å². The average molecular weight is 248 g/mol. The molecule has 0 aromatic heterocycles. The lowest BCUT2D eigenvalue weighted by molar-refractivity contribution is -0.132. The first kappa shape index (κ1) is 14.7. The zero-order valence-electron chi connectivity index (χ0n) is 11.8. The van der Waals surface area contributed by atoms with Gasteiger partial charge in [-0.15, -0.1) is 0 Å². The topological polar surface area (TPSA) is 46.3 Å². The van der Waals surface area contributed by atoms with Gasteiger partial charge in [0.15, 0.2) is 0 Å². The Hall–Kier alpha value is -1.35. The van der Waals surface area contributed by atoms with E-state index in [1.807, 2.05) is 32.2 Å². The van der Waals surface area contributed by atoms with Crippen molar-refractivity contribution in [3.8, 4) is 0 Å². The average Bonchev–Trinajstić information content (AvgIpc) is 2.38. The predicted octanol–water partition coefficient (Wildman–Crippen LogP) is 2.33. The number of carbonyl (C=O) groups is 1. The molecule has 1 aromatic rings. The second kappa shape index (κ2) is 6.55. The lowest BCUT2D eigenvalue weighted by Crippen LogP contribution is -2.45. The van der Waals surface area contributed by atoms with Crippen molar-refractivity contribution in [2.75, 3.05) is 7.05 Å². The van der Waals surface area contributed by atoms with Crippen LogP contribution in [0.5, 0.6) is 0 Å². The molecule has 0 aliphatic heterocycles. The molecule has 0 heterocycles. The summed E-state index contributed by atoms with van der Waals surface area (Å²) < 4.78 is 0. The maximum absolute atomic E-state index is 12.2. The van der Waals surface area contributed by atoms with Crippen LogP contribution in [0.2, 0.25) is 0 Å². The summed E-state index contributed by atoms with van der Waals surface area (Å²) in [5.41, 5.74) is 8.35. The molecule has 2 unspecified atom stereocenters. The van der Waals surface area contributed by atoms with Crippen LogP contribution >= 0.6 is 0 Å². The number of carbonyl (C=O) groups excluding carboxylic acids is 1. The molecule has 3 heteroatoms. The van der Waals surface area contributed by atoms with Crippen molar-refractivity contribution in [3.05, 3.63) is 35.4 Å². The molecule has 0 bridgehead atoms. The molecule has 0 aliphatic rings. The lowest BCUT2D eigenvalue weighted by Gasteiger charge is -2.25. The summed E-state index contributed by atoms with van der Waals surface area (Å²) in [6.45, 7) is 6.75.